The normalized spacial score (nSPS) is 10.7. The van der Waals surface area contributed by atoms with Crippen molar-refractivity contribution in [1.29, 1.82) is 0 Å². The smallest absolute Gasteiger partial charge is 0.351 e. The molecule has 0 aliphatic rings. The van der Waals surface area contributed by atoms with Crippen LogP contribution in [0, 0.1) is 13.8 Å². The number of hydrogen-bond donors (Lipinski definition) is 0. The summed E-state index contributed by atoms with van der Waals surface area (Å²) in [6.07, 6.45) is 0. The molecule has 2 aromatic heterocycles. The second-order valence-corrected chi connectivity index (χ2v) is 5.87. The Hall–Kier alpha value is -1.05. The van der Waals surface area contributed by atoms with Crippen molar-refractivity contribution in [1.82, 2.24) is 9.97 Å². The minimum atomic E-state index is -0.496. The fourth-order valence-corrected chi connectivity index (χ4v) is 3.36. The number of hydrogen-bond acceptors (Lipinski definition) is 7. The van der Waals surface area contributed by atoms with E-state index in [1.54, 1.807) is 0 Å². The first kappa shape index (κ1) is 13.4. The van der Waals surface area contributed by atoms with Gasteiger partial charge in [-0.25, -0.2) is 14.8 Å². The van der Waals surface area contributed by atoms with Crippen LogP contribution in [0.1, 0.15) is 21.1 Å². The molecule has 0 unspecified atom stereocenters. The van der Waals surface area contributed by atoms with Crippen LogP contribution >= 0.6 is 34.7 Å². The molecule has 96 valence electrons. The fraction of sp³-hybridized carbons (Fsp3) is 0.300. The monoisotopic (exact) mass is 304 g/mol. The number of aryl methyl sites for hydroxylation is 2. The van der Waals surface area contributed by atoms with E-state index >= 15 is 0 Å². The number of ether oxygens (including phenoxy) is 1. The predicted octanol–water partition coefficient (Wildman–Crippen LogP) is 3.34. The standard InChI is InChI=1S/C10H9ClN2O3S2/c1-4-5(2)16-9(12-4)18-10-13-7(11)6(17-10)8(14)15-3/h1-3H3. The van der Waals surface area contributed by atoms with Gasteiger partial charge in [-0.2, -0.15) is 0 Å². The molecule has 0 bridgehead atoms. The molecule has 0 atom stereocenters. The number of nitrogens with zero attached hydrogens (tertiary/aromatic N) is 2. The molecule has 0 N–H and O–H groups in total. The van der Waals surface area contributed by atoms with Crippen LogP contribution in [0.3, 0.4) is 0 Å². The van der Waals surface area contributed by atoms with Crippen LogP contribution < -0.4 is 0 Å². The van der Waals surface area contributed by atoms with Crippen LogP contribution in [-0.4, -0.2) is 23.0 Å². The number of rotatable bonds is 3. The maximum Gasteiger partial charge on any atom is 0.351 e. The zero-order chi connectivity index (χ0) is 13.3. The Kier molecular flexibility index (Phi) is 3.94. The number of carbonyl (C=O) groups is 1. The number of carbonyl (C=O) groups excluding carboxylic acids is 1. The zero-order valence-electron chi connectivity index (χ0n) is 9.81. The van der Waals surface area contributed by atoms with Gasteiger partial charge in [0.05, 0.1) is 12.8 Å². The molecule has 0 saturated heterocycles. The van der Waals surface area contributed by atoms with Crippen molar-refractivity contribution in [3.63, 3.8) is 0 Å². The minimum absolute atomic E-state index is 0.134. The number of methoxy groups -OCH3 is 1. The summed E-state index contributed by atoms with van der Waals surface area (Å²) in [6.45, 7) is 3.69. The first-order valence-corrected chi connectivity index (χ1v) is 6.89. The van der Waals surface area contributed by atoms with Crippen LogP contribution in [0.25, 0.3) is 0 Å². The molecule has 5 nitrogen and oxygen atoms in total. The molecule has 0 aromatic carbocycles. The maximum atomic E-state index is 11.4. The van der Waals surface area contributed by atoms with Gasteiger partial charge < -0.3 is 9.15 Å². The third kappa shape index (κ3) is 2.68. The highest BCUT2D eigenvalue weighted by Crippen LogP contribution is 2.35. The van der Waals surface area contributed by atoms with Gasteiger partial charge in [0.1, 0.15) is 5.76 Å². The van der Waals surface area contributed by atoms with Gasteiger partial charge in [-0.05, 0) is 13.8 Å². The second-order valence-electron chi connectivity index (χ2n) is 3.31. The van der Waals surface area contributed by atoms with Gasteiger partial charge in [0.25, 0.3) is 5.22 Å². The average Bonchev–Trinajstić information content (AvgIpc) is 2.82. The van der Waals surface area contributed by atoms with Crippen molar-refractivity contribution < 1.29 is 13.9 Å². The third-order valence-electron chi connectivity index (χ3n) is 2.12. The molecule has 0 aliphatic heterocycles. The van der Waals surface area contributed by atoms with Crippen molar-refractivity contribution in [3.8, 4) is 0 Å². The topological polar surface area (TPSA) is 65.2 Å². The van der Waals surface area contributed by atoms with E-state index in [0.717, 1.165) is 22.8 Å². The van der Waals surface area contributed by atoms with Gasteiger partial charge >= 0.3 is 5.97 Å². The highest BCUT2D eigenvalue weighted by atomic mass is 35.5. The zero-order valence-corrected chi connectivity index (χ0v) is 12.2. The first-order chi connectivity index (χ1) is 8.51. The molecule has 0 amide bonds. The van der Waals surface area contributed by atoms with Gasteiger partial charge in [0, 0.05) is 11.8 Å². The summed E-state index contributed by atoms with van der Waals surface area (Å²) in [5.41, 5.74) is 0.827. The van der Waals surface area contributed by atoms with Gasteiger partial charge in [0.15, 0.2) is 14.4 Å². The minimum Gasteiger partial charge on any atom is -0.465 e. The van der Waals surface area contributed by atoms with E-state index in [0.29, 0.717) is 9.56 Å². The van der Waals surface area contributed by atoms with Gasteiger partial charge in [-0.1, -0.05) is 22.9 Å². The molecule has 0 aliphatic carbocycles. The average molecular weight is 305 g/mol. The Morgan fingerprint density at radius 2 is 2.17 bits per heavy atom. The lowest BCUT2D eigenvalue weighted by Gasteiger charge is -1.92. The highest BCUT2D eigenvalue weighted by Gasteiger charge is 2.19. The fourth-order valence-electron chi connectivity index (χ4n) is 1.11. The molecular formula is C10H9ClN2O3S2. The van der Waals surface area contributed by atoms with Crippen LogP contribution in [0.5, 0.6) is 0 Å². The molecular weight excluding hydrogens is 296 g/mol. The molecule has 0 radical (unpaired) electrons. The highest BCUT2D eigenvalue weighted by molar-refractivity contribution is 8.00. The van der Waals surface area contributed by atoms with E-state index in [9.17, 15) is 4.79 Å². The molecule has 2 aromatic rings. The molecule has 18 heavy (non-hydrogen) atoms. The van der Waals surface area contributed by atoms with Crippen LogP contribution in [0.2, 0.25) is 5.15 Å². The van der Waals surface area contributed by atoms with Gasteiger partial charge in [0.2, 0.25) is 0 Å². The van der Waals surface area contributed by atoms with Crippen molar-refractivity contribution >= 4 is 40.7 Å². The summed E-state index contributed by atoms with van der Waals surface area (Å²) in [4.78, 5) is 19.9. The van der Waals surface area contributed by atoms with Crippen molar-refractivity contribution in [2.24, 2.45) is 0 Å². The van der Waals surface area contributed by atoms with E-state index in [1.807, 2.05) is 13.8 Å². The van der Waals surface area contributed by atoms with Crippen LogP contribution in [0.15, 0.2) is 14.0 Å². The van der Waals surface area contributed by atoms with E-state index in [2.05, 4.69) is 14.7 Å². The van der Waals surface area contributed by atoms with E-state index in [-0.39, 0.29) is 10.0 Å². The summed E-state index contributed by atoms with van der Waals surface area (Å²) in [5, 5.41) is 0.612. The molecule has 0 saturated carbocycles. The summed E-state index contributed by atoms with van der Waals surface area (Å²) < 4.78 is 10.6. The number of thiazole rings is 1. The Labute approximate surface area is 117 Å². The SMILES string of the molecule is COC(=O)c1sc(Sc2nc(C)c(C)o2)nc1Cl. The number of esters is 1. The Balaban J connectivity index is 2.22. The summed E-state index contributed by atoms with van der Waals surface area (Å²) in [6, 6.07) is 0. The molecule has 2 rings (SSSR count). The lowest BCUT2D eigenvalue weighted by atomic mass is 10.4. The number of halogens is 1. The summed E-state index contributed by atoms with van der Waals surface area (Å²) in [7, 11) is 1.30. The van der Waals surface area contributed by atoms with Crippen molar-refractivity contribution in [2.45, 2.75) is 23.4 Å². The molecule has 0 fully saturated rings. The van der Waals surface area contributed by atoms with E-state index in [4.69, 9.17) is 16.0 Å². The molecule has 8 heteroatoms. The maximum absolute atomic E-state index is 11.4. The summed E-state index contributed by atoms with van der Waals surface area (Å²) in [5.74, 6) is 0.262. The number of oxazole rings is 1. The Bertz CT molecular complexity index is 574. The van der Waals surface area contributed by atoms with Crippen molar-refractivity contribution in [2.75, 3.05) is 7.11 Å². The van der Waals surface area contributed by atoms with Gasteiger partial charge in [-0.3, -0.25) is 0 Å². The third-order valence-corrected chi connectivity index (χ3v) is 4.45. The quantitative estimate of drug-likeness (QED) is 0.810. The van der Waals surface area contributed by atoms with E-state index < -0.39 is 5.97 Å². The number of aromatic nitrogens is 2. The van der Waals surface area contributed by atoms with Crippen LogP contribution in [-0.2, 0) is 4.74 Å². The Morgan fingerprint density at radius 1 is 1.44 bits per heavy atom. The lowest BCUT2D eigenvalue weighted by Crippen LogP contribution is -1.98. The molecule has 0 spiro atoms. The van der Waals surface area contributed by atoms with Crippen molar-refractivity contribution in [3.05, 3.63) is 21.5 Å². The Morgan fingerprint density at radius 3 is 2.72 bits per heavy atom. The first-order valence-electron chi connectivity index (χ1n) is 4.87. The van der Waals surface area contributed by atoms with E-state index in [1.165, 1.54) is 18.9 Å². The van der Waals surface area contributed by atoms with Gasteiger partial charge in [-0.15, -0.1) is 0 Å². The lowest BCUT2D eigenvalue weighted by molar-refractivity contribution is 0.0606. The largest absolute Gasteiger partial charge is 0.465 e. The second kappa shape index (κ2) is 5.29. The predicted molar refractivity (Wildman–Crippen MR) is 68.6 cm³/mol. The molecule has 2 heterocycles. The van der Waals surface area contributed by atoms with Crippen LogP contribution in [0.4, 0.5) is 0 Å². The summed E-state index contributed by atoms with van der Waals surface area (Å²) >= 11 is 8.23.